The lowest BCUT2D eigenvalue weighted by molar-refractivity contribution is -0.138. The smallest absolute Gasteiger partial charge is 0.293 e. The number of hydrogen-bond acceptors (Lipinski definition) is 2. The Hall–Kier alpha value is -0.530. The molecule has 1 saturated carbocycles. The molecular formula is C15H30O2. The van der Waals surface area contributed by atoms with Gasteiger partial charge < -0.3 is 4.74 Å². The molecule has 2 nitrogen and oxygen atoms in total. The third kappa shape index (κ3) is 11.7. The summed E-state index contributed by atoms with van der Waals surface area (Å²) < 4.78 is 4.55. The summed E-state index contributed by atoms with van der Waals surface area (Å²) in [5.74, 6) is 1.07. The average Bonchev–Trinajstić information content (AvgIpc) is 2.16. The summed E-state index contributed by atoms with van der Waals surface area (Å²) in [4.78, 5) is 9.60. The molecule has 1 rings (SSSR count). The van der Waals surface area contributed by atoms with Gasteiger partial charge in [0, 0.05) is 0 Å². The second kappa shape index (κ2) is 9.49. The van der Waals surface area contributed by atoms with Crippen molar-refractivity contribution in [2.24, 2.45) is 5.92 Å². The second-order valence-corrected chi connectivity index (χ2v) is 5.95. The fraction of sp³-hybridized carbons (Fsp3) is 0.933. The van der Waals surface area contributed by atoms with E-state index in [9.17, 15) is 4.79 Å². The van der Waals surface area contributed by atoms with Crippen molar-refractivity contribution in [1.82, 2.24) is 0 Å². The average molecular weight is 242 g/mol. The lowest BCUT2D eigenvalue weighted by atomic mass is 9.90. The van der Waals surface area contributed by atoms with Crippen LogP contribution in [-0.4, -0.2) is 12.1 Å². The molecule has 1 aliphatic rings. The van der Waals surface area contributed by atoms with Gasteiger partial charge in [-0.1, -0.05) is 58.3 Å². The molecule has 102 valence electrons. The minimum absolute atomic E-state index is 0.318. The van der Waals surface area contributed by atoms with Crippen LogP contribution in [0.3, 0.4) is 0 Å². The van der Waals surface area contributed by atoms with Gasteiger partial charge in [-0.15, -0.1) is 0 Å². The molecule has 0 spiro atoms. The molecule has 0 heterocycles. The molecule has 1 aliphatic carbocycles. The Bertz CT molecular complexity index is 174. The quantitative estimate of drug-likeness (QED) is 0.655. The van der Waals surface area contributed by atoms with Crippen LogP contribution in [-0.2, 0) is 9.53 Å². The third-order valence-corrected chi connectivity index (χ3v) is 3.20. The van der Waals surface area contributed by atoms with Crippen molar-refractivity contribution in [2.45, 2.75) is 84.7 Å². The Balaban J connectivity index is 0.000000325. The zero-order valence-electron chi connectivity index (χ0n) is 12.1. The first-order chi connectivity index (χ1) is 7.99. The van der Waals surface area contributed by atoms with Crippen LogP contribution in [0.2, 0.25) is 0 Å². The van der Waals surface area contributed by atoms with Crippen LogP contribution in [0.1, 0.15) is 79.1 Å². The molecule has 2 heteroatoms. The van der Waals surface area contributed by atoms with Crippen molar-refractivity contribution >= 4 is 6.47 Å². The number of carbonyl (C=O) groups excluding carboxylic acids is 1. The van der Waals surface area contributed by atoms with Gasteiger partial charge in [0.15, 0.2) is 0 Å². The van der Waals surface area contributed by atoms with Crippen LogP contribution < -0.4 is 0 Å². The largest absolute Gasteiger partial charge is 0.462 e. The van der Waals surface area contributed by atoms with E-state index >= 15 is 0 Å². The molecular weight excluding hydrogens is 212 g/mol. The Morgan fingerprint density at radius 3 is 1.82 bits per heavy atom. The zero-order chi connectivity index (χ0) is 13.1. The van der Waals surface area contributed by atoms with E-state index in [4.69, 9.17) is 0 Å². The highest BCUT2D eigenvalue weighted by atomic mass is 16.5. The summed E-state index contributed by atoms with van der Waals surface area (Å²) in [7, 11) is 0. The van der Waals surface area contributed by atoms with Crippen LogP contribution in [0.15, 0.2) is 0 Å². The maximum atomic E-state index is 9.60. The van der Waals surface area contributed by atoms with Gasteiger partial charge in [0.05, 0.1) is 0 Å². The van der Waals surface area contributed by atoms with E-state index < -0.39 is 0 Å². The Morgan fingerprint density at radius 2 is 1.53 bits per heavy atom. The van der Waals surface area contributed by atoms with Gasteiger partial charge in [0.1, 0.15) is 5.60 Å². The molecule has 0 N–H and O–H groups in total. The van der Waals surface area contributed by atoms with E-state index in [-0.39, 0.29) is 5.60 Å². The van der Waals surface area contributed by atoms with Crippen molar-refractivity contribution in [1.29, 1.82) is 0 Å². The Kier molecular flexibility index (Phi) is 9.20. The maximum absolute atomic E-state index is 9.60. The summed E-state index contributed by atoms with van der Waals surface area (Å²) in [6, 6.07) is 0. The van der Waals surface area contributed by atoms with Crippen molar-refractivity contribution in [2.75, 3.05) is 0 Å². The standard InChI is InChI=1S/C10H20.C5H10O2/c1-2-10-8-6-4-3-5-7-9-10;1-5(2,3)7-4-6/h10H,2-9H2,1H3;4H,1-3H3. The lowest BCUT2D eigenvalue weighted by Gasteiger charge is -2.17. The SMILES string of the molecule is CC(C)(C)OC=O.CCC1CCCCCCC1. The summed E-state index contributed by atoms with van der Waals surface area (Å²) in [6.07, 6.45) is 11.9. The molecule has 0 atom stereocenters. The van der Waals surface area contributed by atoms with Gasteiger partial charge in [-0.25, -0.2) is 0 Å². The fourth-order valence-corrected chi connectivity index (χ4v) is 2.09. The van der Waals surface area contributed by atoms with Gasteiger partial charge >= 0.3 is 0 Å². The predicted molar refractivity (Wildman–Crippen MR) is 73.0 cm³/mol. The minimum atomic E-state index is -0.318. The van der Waals surface area contributed by atoms with E-state index in [1.54, 1.807) is 0 Å². The van der Waals surface area contributed by atoms with Crippen molar-refractivity contribution in [3.63, 3.8) is 0 Å². The summed E-state index contributed by atoms with van der Waals surface area (Å²) in [5, 5.41) is 0. The summed E-state index contributed by atoms with van der Waals surface area (Å²) >= 11 is 0. The zero-order valence-corrected chi connectivity index (χ0v) is 12.1. The van der Waals surface area contributed by atoms with Crippen molar-refractivity contribution < 1.29 is 9.53 Å². The van der Waals surface area contributed by atoms with E-state index in [2.05, 4.69) is 11.7 Å². The highest BCUT2D eigenvalue weighted by Crippen LogP contribution is 2.23. The monoisotopic (exact) mass is 242 g/mol. The van der Waals surface area contributed by atoms with E-state index in [0.717, 1.165) is 5.92 Å². The van der Waals surface area contributed by atoms with Crippen LogP contribution >= 0.6 is 0 Å². The third-order valence-electron chi connectivity index (χ3n) is 3.20. The first-order valence-electron chi connectivity index (χ1n) is 7.11. The van der Waals surface area contributed by atoms with E-state index in [1.165, 1.54) is 51.4 Å². The van der Waals surface area contributed by atoms with Crippen LogP contribution in [0.4, 0.5) is 0 Å². The van der Waals surface area contributed by atoms with Gasteiger partial charge in [0.25, 0.3) is 6.47 Å². The van der Waals surface area contributed by atoms with Crippen LogP contribution in [0.25, 0.3) is 0 Å². The fourth-order valence-electron chi connectivity index (χ4n) is 2.09. The predicted octanol–water partition coefficient (Wildman–Crippen LogP) is 4.71. The molecule has 0 aromatic rings. The molecule has 0 amide bonds. The van der Waals surface area contributed by atoms with Gasteiger partial charge in [0.2, 0.25) is 0 Å². The first kappa shape index (κ1) is 16.5. The normalized spacial score (nSPS) is 18.4. The summed E-state index contributed by atoms with van der Waals surface area (Å²) in [5.41, 5.74) is -0.318. The molecule has 0 unspecified atom stereocenters. The lowest BCUT2D eigenvalue weighted by Crippen LogP contribution is -2.17. The topological polar surface area (TPSA) is 26.3 Å². The molecule has 0 aromatic heterocycles. The molecule has 17 heavy (non-hydrogen) atoms. The number of ether oxygens (including phenoxy) is 1. The van der Waals surface area contributed by atoms with E-state index in [0.29, 0.717) is 6.47 Å². The van der Waals surface area contributed by atoms with Crippen molar-refractivity contribution in [3.05, 3.63) is 0 Å². The second-order valence-electron chi connectivity index (χ2n) is 5.95. The summed E-state index contributed by atoms with van der Waals surface area (Å²) in [6.45, 7) is 8.26. The molecule has 0 aromatic carbocycles. The first-order valence-corrected chi connectivity index (χ1v) is 7.11. The van der Waals surface area contributed by atoms with E-state index in [1.807, 2.05) is 20.8 Å². The van der Waals surface area contributed by atoms with Gasteiger partial charge in [-0.2, -0.15) is 0 Å². The molecule has 0 bridgehead atoms. The van der Waals surface area contributed by atoms with Crippen LogP contribution in [0, 0.1) is 5.92 Å². The number of rotatable bonds is 2. The van der Waals surface area contributed by atoms with Gasteiger partial charge in [-0.3, -0.25) is 4.79 Å². The number of hydrogen-bond donors (Lipinski definition) is 0. The van der Waals surface area contributed by atoms with Gasteiger partial charge in [-0.05, 0) is 26.7 Å². The molecule has 0 saturated heterocycles. The van der Waals surface area contributed by atoms with Crippen LogP contribution in [0.5, 0.6) is 0 Å². The van der Waals surface area contributed by atoms with Crippen molar-refractivity contribution in [3.8, 4) is 0 Å². The minimum Gasteiger partial charge on any atom is -0.462 e. The molecule has 1 fully saturated rings. The Morgan fingerprint density at radius 1 is 1.06 bits per heavy atom. The highest BCUT2D eigenvalue weighted by Gasteiger charge is 2.08. The Labute approximate surface area is 107 Å². The number of carbonyl (C=O) groups is 1. The molecule has 0 aliphatic heterocycles. The highest BCUT2D eigenvalue weighted by molar-refractivity contribution is 5.37. The molecule has 0 radical (unpaired) electrons. The maximum Gasteiger partial charge on any atom is 0.293 e.